The fourth-order valence-corrected chi connectivity index (χ4v) is 3.73. The number of alkyl halides is 3. The predicted octanol–water partition coefficient (Wildman–Crippen LogP) is 4.24. The highest BCUT2D eigenvalue weighted by Crippen LogP contribution is 2.34. The molecular weight excluding hydrogens is 371 g/mol. The molecule has 4 rings (SSSR count). The predicted molar refractivity (Wildman–Crippen MR) is 98.0 cm³/mol. The quantitative estimate of drug-likeness (QED) is 0.688. The number of H-pyrrole nitrogens is 2. The van der Waals surface area contributed by atoms with Crippen LogP contribution in [-0.2, 0) is 6.18 Å². The lowest BCUT2D eigenvalue weighted by molar-refractivity contribution is -0.137. The summed E-state index contributed by atoms with van der Waals surface area (Å²) in [5.74, 6) is -0.685. The minimum absolute atomic E-state index is 0.317. The van der Waals surface area contributed by atoms with Crippen molar-refractivity contribution in [1.82, 2.24) is 14.9 Å². The fraction of sp³-hybridized carbons (Fsp3) is 0.300. The SMILES string of the molecule is O=C(c1cc(C(F)(F)F)c[nH]c1=O)N1CCCCC1c1cc2ccccc2[nH]1. The molecular formula is C20H18F3N3O2. The first-order valence-electron chi connectivity index (χ1n) is 9.03. The molecule has 8 heteroatoms. The number of hydrogen-bond donors (Lipinski definition) is 2. The third-order valence-electron chi connectivity index (χ3n) is 5.13. The topological polar surface area (TPSA) is 69.0 Å². The van der Waals surface area contributed by atoms with Crippen LogP contribution in [0.15, 0.2) is 47.4 Å². The Morgan fingerprint density at radius 1 is 1.14 bits per heavy atom. The standard InChI is InChI=1S/C20H18F3N3O2/c21-20(22,23)13-10-14(18(27)24-11-13)19(28)26-8-4-3-7-17(26)16-9-12-5-1-2-6-15(12)25-16/h1-2,5-6,9-11,17,25H,3-4,7-8H2,(H,24,27). The van der Waals surface area contributed by atoms with Gasteiger partial charge in [0.05, 0.1) is 11.6 Å². The molecule has 1 amide bonds. The van der Waals surface area contributed by atoms with Crippen molar-refractivity contribution in [2.45, 2.75) is 31.5 Å². The van der Waals surface area contributed by atoms with Crippen molar-refractivity contribution in [3.8, 4) is 0 Å². The monoisotopic (exact) mass is 389 g/mol. The second-order valence-corrected chi connectivity index (χ2v) is 6.95. The maximum Gasteiger partial charge on any atom is 0.417 e. The maximum absolute atomic E-state index is 13.0. The van der Waals surface area contributed by atoms with E-state index in [-0.39, 0.29) is 6.04 Å². The molecule has 1 aliphatic heterocycles. The van der Waals surface area contributed by atoms with Crippen LogP contribution in [-0.4, -0.2) is 27.3 Å². The number of aromatic nitrogens is 2. The highest BCUT2D eigenvalue weighted by atomic mass is 19.4. The second-order valence-electron chi connectivity index (χ2n) is 6.95. The van der Waals surface area contributed by atoms with Gasteiger partial charge in [-0.2, -0.15) is 13.2 Å². The van der Waals surface area contributed by atoms with Gasteiger partial charge in [-0.1, -0.05) is 18.2 Å². The van der Waals surface area contributed by atoms with Gasteiger partial charge in [-0.15, -0.1) is 0 Å². The number of fused-ring (bicyclic) bond motifs is 1. The number of piperidine rings is 1. The molecule has 0 radical (unpaired) electrons. The fourth-order valence-electron chi connectivity index (χ4n) is 3.73. The molecule has 3 aromatic rings. The molecule has 1 aliphatic rings. The second kappa shape index (κ2) is 6.85. The maximum atomic E-state index is 13.0. The van der Waals surface area contributed by atoms with Crippen LogP contribution < -0.4 is 5.56 Å². The molecule has 3 heterocycles. The van der Waals surface area contributed by atoms with E-state index in [1.165, 1.54) is 4.90 Å². The van der Waals surface area contributed by atoms with Gasteiger partial charge in [0.25, 0.3) is 11.5 Å². The van der Waals surface area contributed by atoms with Crippen molar-refractivity contribution in [2.75, 3.05) is 6.54 Å². The van der Waals surface area contributed by atoms with Crippen molar-refractivity contribution in [2.24, 2.45) is 0 Å². The Hall–Kier alpha value is -3.03. The number of amides is 1. The average molecular weight is 389 g/mol. The zero-order chi connectivity index (χ0) is 19.9. The number of pyridine rings is 1. The number of para-hydroxylation sites is 1. The van der Waals surface area contributed by atoms with Crippen molar-refractivity contribution in [1.29, 1.82) is 0 Å². The van der Waals surface area contributed by atoms with Crippen LogP contribution in [0, 0.1) is 0 Å². The van der Waals surface area contributed by atoms with Crippen LogP contribution in [0.25, 0.3) is 10.9 Å². The van der Waals surface area contributed by atoms with Gasteiger partial charge in [0.1, 0.15) is 5.56 Å². The molecule has 0 spiro atoms. The van der Waals surface area contributed by atoms with Crippen LogP contribution in [0.4, 0.5) is 13.2 Å². The molecule has 1 atom stereocenters. The van der Waals surface area contributed by atoms with Gasteiger partial charge in [-0.05, 0) is 42.8 Å². The molecule has 5 nitrogen and oxygen atoms in total. The van der Waals surface area contributed by atoms with Crippen LogP contribution in [0.3, 0.4) is 0 Å². The number of rotatable bonds is 2. The normalized spacial score (nSPS) is 17.8. The zero-order valence-corrected chi connectivity index (χ0v) is 14.8. The van der Waals surface area contributed by atoms with Crippen molar-refractivity contribution < 1.29 is 18.0 Å². The van der Waals surface area contributed by atoms with E-state index >= 15 is 0 Å². The molecule has 1 aromatic carbocycles. The Kier molecular flexibility index (Phi) is 4.49. The Morgan fingerprint density at radius 2 is 1.93 bits per heavy atom. The van der Waals surface area contributed by atoms with Crippen molar-refractivity contribution in [3.05, 3.63) is 69.8 Å². The summed E-state index contributed by atoms with van der Waals surface area (Å²) < 4.78 is 39.0. The molecule has 2 N–H and O–H groups in total. The van der Waals surface area contributed by atoms with Crippen LogP contribution >= 0.6 is 0 Å². The summed E-state index contributed by atoms with van der Waals surface area (Å²) in [5, 5.41) is 0.993. The first-order valence-corrected chi connectivity index (χ1v) is 9.03. The van der Waals surface area contributed by atoms with E-state index < -0.39 is 28.8 Å². The van der Waals surface area contributed by atoms with E-state index in [0.29, 0.717) is 25.2 Å². The lowest BCUT2D eigenvalue weighted by atomic mass is 9.98. The van der Waals surface area contributed by atoms with E-state index in [9.17, 15) is 22.8 Å². The largest absolute Gasteiger partial charge is 0.417 e. The summed E-state index contributed by atoms with van der Waals surface area (Å²) in [6.45, 7) is 0.383. The molecule has 0 bridgehead atoms. The number of aromatic amines is 2. The highest BCUT2D eigenvalue weighted by molar-refractivity contribution is 5.94. The number of carbonyl (C=O) groups is 1. The average Bonchev–Trinajstić information content (AvgIpc) is 3.11. The number of nitrogens with one attached hydrogen (secondary N) is 2. The van der Waals surface area contributed by atoms with Gasteiger partial charge >= 0.3 is 6.18 Å². The summed E-state index contributed by atoms with van der Waals surface area (Å²) >= 11 is 0. The number of nitrogens with zero attached hydrogens (tertiary/aromatic N) is 1. The summed E-state index contributed by atoms with van der Waals surface area (Å²) in [6.07, 6.45) is -1.75. The zero-order valence-electron chi connectivity index (χ0n) is 14.8. The Bertz CT molecular complexity index is 1050. The van der Waals surface area contributed by atoms with E-state index in [1.54, 1.807) is 0 Å². The Labute approximate surface area is 158 Å². The molecule has 146 valence electrons. The third-order valence-corrected chi connectivity index (χ3v) is 5.13. The van der Waals surface area contributed by atoms with Gasteiger partial charge in [0.2, 0.25) is 0 Å². The molecule has 0 aliphatic carbocycles. The van der Waals surface area contributed by atoms with Crippen molar-refractivity contribution >= 4 is 16.8 Å². The van der Waals surface area contributed by atoms with E-state index in [0.717, 1.165) is 29.4 Å². The first-order chi connectivity index (χ1) is 13.3. The van der Waals surface area contributed by atoms with Crippen molar-refractivity contribution in [3.63, 3.8) is 0 Å². The first kappa shape index (κ1) is 18.3. The van der Waals surface area contributed by atoms with Gasteiger partial charge in [-0.3, -0.25) is 9.59 Å². The van der Waals surface area contributed by atoms with Gasteiger partial charge in [-0.25, -0.2) is 0 Å². The van der Waals surface area contributed by atoms with E-state index in [1.807, 2.05) is 35.3 Å². The number of halogens is 3. The van der Waals surface area contributed by atoms with Crippen LogP contribution in [0.1, 0.15) is 46.9 Å². The van der Waals surface area contributed by atoms with Gasteiger partial charge in [0, 0.05) is 24.0 Å². The number of likely N-dealkylation sites (tertiary alicyclic amines) is 1. The summed E-state index contributed by atoms with van der Waals surface area (Å²) in [4.78, 5) is 31.9. The Balaban J connectivity index is 1.72. The number of benzene rings is 1. The van der Waals surface area contributed by atoms with Gasteiger partial charge in [0.15, 0.2) is 0 Å². The summed E-state index contributed by atoms with van der Waals surface area (Å²) in [6, 6.07) is 9.94. The number of carbonyl (C=O) groups excluding carboxylic acids is 1. The third kappa shape index (κ3) is 3.30. The van der Waals surface area contributed by atoms with E-state index in [2.05, 4.69) is 4.98 Å². The molecule has 1 fully saturated rings. The van der Waals surface area contributed by atoms with Crippen LogP contribution in [0.2, 0.25) is 0 Å². The molecule has 1 saturated heterocycles. The Morgan fingerprint density at radius 3 is 2.68 bits per heavy atom. The lowest BCUT2D eigenvalue weighted by Crippen LogP contribution is -2.41. The minimum Gasteiger partial charge on any atom is -0.357 e. The molecule has 0 saturated carbocycles. The molecule has 1 unspecified atom stereocenters. The lowest BCUT2D eigenvalue weighted by Gasteiger charge is -2.35. The smallest absolute Gasteiger partial charge is 0.357 e. The number of hydrogen-bond acceptors (Lipinski definition) is 2. The van der Waals surface area contributed by atoms with E-state index in [4.69, 9.17) is 0 Å². The summed E-state index contributed by atoms with van der Waals surface area (Å²) in [7, 11) is 0. The molecule has 2 aromatic heterocycles. The molecule has 28 heavy (non-hydrogen) atoms. The highest BCUT2D eigenvalue weighted by Gasteiger charge is 2.35. The minimum atomic E-state index is -4.64. The summed E-state index contributed by atoms with van der Waals surface area (Å²) in [5.41, 5.74) is -0.614. The van der Waals surface area contributed by atoms with Gasteiger partial charge < -0.3 is 14.9 Å². The van der Waals surface area contributed by atoms with Crippen LogP contribution in [0.5, 0.6) is 0 Å².